The van der Waals surface area contributed by atoms with Crippen LogP contribution in [-0.2, 0) is 9.47 Å². The molecule has 0 radical (unpaired) electrons. The Hall–Kier alpha value is -1.71. The largest absolute Gasteiger partial charge is 0.385 e. The van der Waals surface area contributed by atoms with Crippen LogP contribution >= 0.6 is 0 Å². The van der Waals surface area contributed by atoms with Gasteiger partial charge in [0.2, 0.25) is 0 Å². The van der Waals surface area contributed by atoms with Crippen LogP contribution in [0, 0.1) is 11.3 Å². The number of ether oxygens (including phenoxy) is 2. The average Bonchev–Trinajstić information content (AvgIpc) is 2.42. The Labute approximate surface area is 107 Å². The molecule has 0 saturated carbocycles. The van der Waals surface area contributed by atoms with E-state index in [1.165, 1.54) is 6.20 Å². The molecule has 0 aliphatic rings. The molecule has 0 amide bonds. The van der Waals surface area contributed by atoms with Gasteiger partial charge in [0.15, 0.2) is 5.82 Å². The third-order valence-electron chi connectivity index (χ3n) is 2.46. The second-order valence-electron chi connectivity index (χ2n) is 3.71. The molecule has 18 heavy (non-hydrogen) atoms. The minimum atomic E-state index is 0.526. The first-order chi connectivity index (χ1) is 8.83. The third kappa shape index (κ3) is 4.28. The Balaban J connectivity index is 2.77. The Kier molecular flexibility index (Phi) is 6.69. The highest BCUT2D eigenvalue weighted by Gasteiger charge is 2.12. The molecule has 0 saturated heterocycles. The number of aromatic nitrogens is 2. The van der Waals surface area contributed by atoms with Crippen LogP contribution in [0.25, 0.3) is 0 Å². The van der Waals surface area contributed by atoms with Gasteiger partial charge in [-0.2, -0.15) is 10.4 Å². The molecule has 1 rings (SSSR count). The fourth-order valence-corrected chi connectivity index (χ4v) is 1.57. The molecule has 0 aromatic carbocycles. The van der Waals surface area contributed by atoms with Gasteiger partial charge in [-0.05, 0) is 12.5 Å². The second-order valence-corrected chi connectivity index (χ2v) is 3.71. The standard InChI is InChI=1S/C12H18N4O2/c1-17-8-3-6-16(7-9-18-2)12-11(10-13)4-5-14-15-12/h4-5H,3,6-9H2,1-2H3. The normalized spacial score (nSPS) is 10.1. The maximum Gasteiger partial charge on any atom is 0.169 e. The second kappa shape index (κ2) is 8.39. The molecule has 0 fully saturated rings. The van der Waals surface area contributed by atoms with Crippen LogP contribution in [0.5, 0.6) is 0 Å². The molecule has 0 atom stereocenters. The summed E-state index contributed by atoms with van der Waals surface area (Å²) in [7, 11) is 3.32. The molecular formula is C12H18N4O2. The number of nitrogens with zero attached hydrogens (tertiary/aromatic N) is 4. The first-order valence-electron chi connectivity index (χ1n) is 5.78. The van der Waals surface area contributed by atoms with Gasteiger partial charge < -0.3 is 14.4 Å². The van der Waals surface area contributed by atoms with Gasteiger partial charge in [-0.25, -0.2) is 0 Å². The zero-order valence-electron chi connectivity index (χ0n) is 10.8. The molecule has 0 spiro atoms. The van der Waals surface area contributed by atoms with E-state index < -0.39 is 0 Å². The summed E-state index contributed by atoms with van der Waals surface area (Å²) in [5, 5.41) is 16.9. The summed E-state index contributed by atoms with van der Waals surface area (Å²) in [6.07, 6.45) is 2.38. The summed E-state index contributed by atoms with van der Waals surface area (Å²) in [5.74, 6) is 0.605. The summed E-state index contributed by atoms with van der Waals surface area (Å²) >= 11 is 0. The van der Waals surface area contributed by atoms with Crippen LogP contribution in [0.2, 0.25) is 0 Å². The summed E-state index contributed by atoms with van der Waals surface area (Å²) in [5.41, 5.74) is 0.526. The number of methoxy groups -OCH3 is 2. The van der Waals surface area contributed by atoms with E-state index in [2.05, 4.69) is 16.3 Å². The number of hydrogen-bond acceptors (Lipinski definition) is 6. The van der Waals surface area contributed by atoms with Crippen molar-refractivity contribution >= 4 is 5.82 Å². The molecule has 6 nitrogen and oxygen atoms in total. The van der Waals surface area contributed by atoms with Gasteiger partial charge in [-0.3, -0.25) is 0 Å². The quantitative estimate of drug-likeness (QED) is 0.637. The van der Waals surface area contributed by atoms with E-state index in [1.54, 1.807) is 20.3 Å². The van der Waals surface area contributed by atoms with Crippen molar-refractivity contribution in [3.63, 3.8) is 0 Å². The lowest BCUT2D eigenvalue weighted by atomic mass is 10.2. The van der Waals surface area contributed by atoms with Crippen molar-refractivity contribution in [1.82, 2.24) is 10.2 Å². The molecule has 0 unspecified atom stereocenters. The van der Waals surface area contributed by atoms with Crippen LogP contribution in [0.3, 0.4) is 0 Å². The van der Waals surface area contributed by atoms with E-state index in [1.807, 2.05) is 4.90 Å². The molecule has 1 heterocycles. The molecule has 1 aromatic heterocycles. The van der Waals surface area contributed by atoms with Crippen LogP contribution < -0.4 is 4.90 Å². The molecule has 0 bridgehead atoms. The van der Waals surface area contributed by atoms with E-state index in [4.69, 9.17) is 14.7 Å². The Morgan fingerprint density at radius 2 is 2.06 bits per heavy atom. The number of nitriles is 1. The molecule has 1 aromatic rings. The SMILES string of the molecule is COCCCN(CCOC)c1nnccc1C#N. The molecule has 0 aliphatic carbocycles. The lowest BCUT2D eigenvalue weighted by Crippen LogP contribution is -2.30. The maximum atomic E-state index is 9.06. The van der Waals surface area contributed by atoms with E-state index >= 15 is 0 Å². The predicted octanol–water partition coefficient (Wildman–Crippen LogP) is 0.838. The maximum absolute atomic E-state index is 9.06. The zero-order chi connectivity index (χ0) is 13.2. The molecule has 98 valence electrons. The first-order valence-corrected chi connectivity index (χ1v) is 5.78. The van der Waals surface area contributed by atoms with Crippen molar-refractivity contribution in [2.24, 2.45) is 0 Å². The van der Waals surface area contributed by atoms with E-state index in [0.29, 0.717) is 31.1 Å². The lowest BCUT2D eigenvalue weighted by Gasteiger charge is -2.23. The van der Waals surface area contributed by atoms with Gasteiger partial charge in [0.25, 0.3) is 0 Å². The van der Waals surface area contributed by atoms with Crippen LogP contribution in [0.1, 0.15) is 12.0 Å². The average molecular weight is 250 g/mol. The number of anilines is 1. The van der Waals surface area contributed by atoms with E-state index in [9.17, 15) is 0 Å². The molecule has 0 aliphatic heterocycles. The Morgan fingerprint density at radius 3 is 2.72 bits per heavy atom. The van der Waals surface area contributed by atoms with Crippen molar-refractivity contribution in [2.45, 2.75) is 6.42 Å². The van der Waals surface area contributed by atoms with Gasteiger partial charge in [-0.15, -0.1) is 5.10 Å². The Bertz CT molecular complexity index is 392. The molecular weight excluding hydrogens is 232 g/mol. The van der Waals surface area contributed by atoms with Crippen molar-refractivity contribution < 1.29 is 9.47 Å². The first kappa shape index (κ1) is 14.4. The van der Waals surface area contributed by atoms with Crippen molar-refractivity contribution in [1.29, 1.82) is 5.26 Å². The van der Waals surface area contributed by atoms with Crippen molar-refractivity contribution in [3.05, 3.63) is 17.8 Å². The Morgan fingerprint density at radius 1 is 1.28 bits per heavy atom. The predicted molar refractivity (Wildman–Crippen MR) is 67.3 cm³/mol. The summed E-state index contributed by atoms with van der Waals surface area (Å²) < 4.78 is 10.1. The van der Waals surface area contributed by atoms with E-state index in [0.717, 1.165) is 13.0 Å². The summed E-state index contributed by atoms with van der Waals surface area (Å²) in [6, 6.07) is 3.79. The fourth-order valence-electron chi connectivity index (χ4n) is 1.57. The van der Waals surface area contributed by atoms with Crippen LogP contribution in [0.4, 0.5) is 5.82 Å². The summed E-state index contributed by atoms with van der Waals surface area (Å²) in [4.78, 5) is 1.99. The van der Waals surface area contributed by atoms with Crippen LogP contribution in [0.15, 0.2) is 12.3 Å². The van der Waals surface area contributed by atoms with Gasteiger partial charge in [-0.1, -0.05) is 0 Å². The minimum absolute atomic E-state index is 0.526. The number of hydrogen-bond donors (Lipinski definition) is 0. The fraction of sp³-hybridized carbons (Fsp3) is 0.583. The van der Waals surface area contributed by atoms with Gasteiger partial charge >= 0.3 is 0 Å². The van der Waals surface area contributed by atoms with Crippen molar-refractivity contribution in [3.8, 4) is 6.07 Å². The smallest absolute Gasteiger partial charge is 0.169 e. The number of rotatable bonds is 8. The minimum Gasteiger partial charge on any atom is -0.385 e. The topological polar surface area (TPSA) is 71.3 Å². The lowest BCUT2D eigenvalue weighted by molar-refractivity contribution is 0.191. The third-order valence-corrected chi connectivity index (χ3v) is 2.46. The highest BCUT2D eigenvalue weighted by molar-refractivity contribution is 5.52. The molecule has 0 N–H and O–H groups in total. The van der Waals surface area contributed by atoms with Gasteiger partial charge in [0.1, 0.15) is 6.07 Å². The molecule has 6 heteroatoms. The highest BCUT2D eigenvalue weighted by Crippen LogP contribution is 2.15. The monoisotopic (exact) mass is 250 g/mol. The zero-order valence-corrected chi connectivity index (χ0v) is 10.8. The van der Waals surface area contributed by atoms with Gasteiger partial charge in [0.05, 0.1) is 18.4 Å². The highest BCUT2D eigenvalue weighted by atomic mass is 16.5. The van der Waals surface area contributed by atoms with Gasteiger partial charge in [0, 0.05) is 33.9 Å². The van der Waals surface area contributed by atoms with Crippen molar-refractivity contribution in [2.75, 3.05) is 45.4 Å². The van der Waals surface area contributed by atoms with Crippen LogP contribution in [-0.4, -0.2) is 50.7 Å². The summed E-state index contributed by atoms with van der Waals surface area (Å²) in [6.45, 7) is 2.68. The van der Waals surface area contributed by atoms with E-state index in [-0.39, 0.29) is 0 Å².